The van der Waals surface area contributed by atoms with Gasteiger partial charge in [0, 0.05) is 30.7 Å². The van der Waals surface area contributed by atoms with E-state index in [2.05, 4.69) is 82.1 Å². The maximum absolute atomic E-state index is 3.60. The van der Waals surface area contributed by atoms with Gasteiger partial charge >= 0.3 is 0 Å². The van der Waals surface area contributed by atoms with Crippen molar-refractivity contribution in [3.05, 3.63) is 35.9 Å². The zero-order valence-electron chi connectivity index (χ0n) is 13.4. The molecule has 0 aliphatic rings. The zero-order chi connectivity index (χ0) is 14.5. The second-order valence-electron chi connectivity index (χ2n) is 6.73. The first-order valence-corrected chi connectivity index (χ1v) is 7.34. The summed E-state index contributed by atoms with van der Waals surface area (Å²) in [6.45, 7) is 15.6. The van der Waals surface area contributed by atoms with Crippen LogP contribution in [-0.2, 0) is 6.54 Å². The third-order valence-corrected chi connectivity index (χ3v) is 3.37. The average Bonchev–Trinajstić information content (AvgIpc) is 2.33. The van der Waals surface area contributed by atoms with Gasteiger partial charge in [0.2, 0.25) is 0 Å². The van der Waals surface area contributed by atoms with Gasteiger partial charge < -0.3 is 5.32 Å². The van der Waals surface area contributed by atoms with Gasteiger partial charge in [-0.1, -0.05) is 30.3 Å². The summed E-state index contributed by atoms with van der Waals surface area (Å²) in [6, 6.07) is 11.8. The van der Waals surface area contributed by atoms with E-state index in [1.807, 2.05) is 0 Å². The standard InChI is InChI=1S/C17H30N2/c1-14(2)19(13-16-10-8-7-9-11-16)15(3)12-18-17(4,5)6/h7-11,14-15,18H,12-13H2,1-6H3. The van der Waals surface area contributed by atoms with Crippen LogP contribution < -0.4 is 5.32 Å². The molecule has 2 nitrogen and oxygen atoms in total. The number of hydrogen-bond donors (Lipinski definition) is 1. The summed E-state index contributed by atoms with van der Waals surface area (Å²) < 4.78 is 0. The molecule has 1 aromatic carbocycles. The van der Waals surface area contributed by atoms with Crippen molar-refractivity contribution >= 4 is 0 Å². The normalized spacial score (nSPS) is 14.1. The van der Waals surface area contributed by atoms with Gasteiger partial charge in [-0.05, 0) is 47.1 Å². The first kappa shape index (κ1) is 16.2. The molecule has 1 aromatic rings. The molecule has 0 saturated heterocycles. The minimum atomic E-state index is 0.184. The van der Waals surface area contributed by atoms with E-state index in [0.717, 1.165) is 13.1 Å². The Hall–Kier alpha value is -0.860. The molecule has 0 amide bonds. The Morgan fingerprint density at radius 2 is 1.63 bits per heavy atom. The van der Waals surface area contributed by atoms with Crippen LogP contribution in [0.5, 0.6) is 0 Å². The van der Waals surface area contributed by atoms with E-state index < -0.39 is 0 Å². The molecule has 0 fully saturated rings. The molecule has 2 heteroatoms. The van der Waals surface area contributed by atoms with Crippen LogP contribution in [0.3, 0.4) is 0 Å². The lowest BCUT2D eigenvalue weighted by Gasteiger charge is -2.35. The Morgan fingerprint density at radius 3 is 2.11 bits per heavy atom. The second-order valence-corrected chi connectivity index (χ2v) is 6.73. The number of benzene rings is 1. The van der Waals surface area contributed by atoms with Gasteiger partial charge in [0.25, 0.3) is 0 Å². The van der Waals surface area contributed by atoms with E-state index in [-0.39, 0.29) is 5.54 Å². The molecule has 0 spiro atoms. The molecule has 0 radical (unpaired) electrons. The van der Waals surface area contributed by atoms with E-state index in [1.165, 1.54) is 5.56 Å². The van der Waals surface area contributed by atoms with Gasteiger partial charge in [-0.3, -0.25) is 4.90 Å². The maximum Gasteiger partial charge on any atom is 0.0239 e. The molecule has 19 heavy (non-hydrogen) atoms. The lowest BCUT2D eigenvalue weighted by molar-refractivity contribution is 0.145. The summed E-state index contributed by atoms with van der Waals surface area (Å²) in [7, 11) is 0. The Morgan fingerprint density at radius 1 is 1.05 bits per heavy atom. The van der Waals surface area contributed by atoms with Gasteiger partial charge in [0.05, 0.1) is 0 Å². The Kier molecular flexibility index (Phi) is 6.02. The molecule has 0 aliphatic carbocycles. The average molecular weight is 262 g/mol. The lowest BCUT2D eigenvalue weighted by atomic mass is 10.1. The van der Waals surface area contributed by atoms with Crippen LogP contribution in [-0.4, -0.2) is 29.1 Å². The number of rotatable bonds is 6. The highest BCUT2D eigenvalue weighted by molar-refractivity contribution is 5.14. The van der Waals surface area contributed by atoms with Crippen LogP contribution >= 0.6 is 0 Å². The molecule has 1 unspecified atom stereocenters. The highest BCUT2D eigenvalue weighted by Gasteiger charge is 2.19. The first-order chi connectivity index (χ1) is 8.79. The molecule has 108 valence electrons. The smallest absolute Gasteiger partial charge is 0.0239 e. The van der Waals surface area contributed by atoms with E-state index in [4.69, 9.17) is 0 Å². The molecule has 0 saturated carbocycles. The predicted octanol–water partition coefficient (Wildman–Crippen LogP) is 3.67. The van der Waals surface area contributed by atoms with Crippen LogP contribution in [0.2, 0.25) is 0 Å². The monoisotopic (exact) mass is 262 g/mol. The van der Waals surface area contributed by atoms with Gasteiger partial charge in [0.1, 0.15) is 0 Å². The van der Waals surface area contributed by atoms with Crippen molar-refractivity contribution < 1.29 is 0 Å². The maximum atomic E-state index is 3.60. The summed E-state index contributed by atoms with van der Waals surface area (Å²) in [5.41, 5.74) is 1.57. The Bertz CT molecular complexity index is 351. The number of hydrogen-bond acceptors (Lipinski definition) is 2. The highest BCUT2D eigenvalue weighted by atomic mass is 15.2. The molecule has 0 heterocycles. The highest BCUT2D eigenvalue weighted by Crippen LogP contribution is 2.12. The third kappa shape index (κ3) is 6.22. The van der Waals surface area contributed by atoms with Crippen molar-refractivity contribution in [3.63, 3.8) is 0 Å². The largest absolute Gasteiger partial charge is 0.311 e. The van der Waals surface area contributed by atoms with Crippen LogP contribution in [0.4, 0.5) is 0 Å². The summed E-state index contributed by atoms with van der Waals surface area (Å²) in [4.78, 5) is 2.55. The fourth-order valence-electron chi connectivity index (χ4n) is 2.21. The summed E-state index contributed by atoms with van der Waals surface area (Å²) in [6.07, 6.45) is 0. The third-order valence-electron chi connectivity index (χ3n) is 3.37. The summed E-state index contributed by atoms with van der Waals surface area (Å²) in [5.74, 6) is 0. The number of nitrogens with zero attached hydrogens (tertiary/aromatic N) is 1. The van der Waals surface area contributed by atoms with E-state index >= 15 is 0 Å². The van der Waals surface area contributed by atoms with Crippen molar-refractivity contribution in [2.24, 2.45) is 0 Å². The molecule has 1 rings (SSSR count). The quantitative estimate of drug-likeness (QED) is 0.841. The zero-order valence-corrected chi connectivity index (χ0v) is 13.4. The molecular formula is C17H30N2. The van der Waals surface area contributed by atoms with Crippen molar-refractivity contribution in [3.8, 4) is 0 Å². The Labute approximate surface area is 119 Å². The van der Waals surface area contributed by atoms with E-state index in [0.29, 0.717) is 12.1 Å². The van der Waals surface area contributed by atoms with Crippen molar-refractivity contribution in [1.29, 1.82) is 0 Å². The van der Waals surface area contributed by atoms with Crippen LogP contribution in [0, 0.1) is 0 Å². The molecular weight excluding hydrogens is 232 g/mol. The van der Waals surface area contributed by atoms with Crippen molar-refractivity contribution in [1.82, 2.24) is 10.2 Å². The van der Waals surface area contributed by atoms with Gasteiger partial charge in [-0.15, -0.1) is 0 Å². The summed E-state index contributed by atoms with van der Waals surface area (Å²) in [5, 5.41) is 3.60. The second kappa shape index (κ2) is 7.06. The molecule has 0 aromatic heterocycles. The minimum Gasteiger partial charge on any atom is -0.311 e. The van der Waals surface area contributed by atoms with Crippen molar-refractivity contribution in [2.75, 3.05) is 6.54 Å². The Balaban J connectivity index is 2.62. The number of nitrogens with one attached hydrogen (secondary N) is 1. The molecule has 1 atom stereocenters. The summed E-state index contributed by atoms with van der Waals surface area (Å²) >= 11 is 0. The fraction of sp³-hybridized carbons (Fsp3) is 0.647. The van der Waals surface area contributed by atoms with Crippen LogP contribution in [0.1, 0.15) is 47.1 Å². The molecule has 0 bridgehead atoms. The van der Waals surface area contributed by atoms with E-state index in [9.17, 15) is 0 Å². The lowest BCUT2D eigenvalue weighted by Crippen LogP contribution is -2.48. The minimum absolute atomic E-state index is 0.184. The fourth-order valence-corrected chi connectivity index (χ4v) is 2.21. The van der Waals surface area contributed by atoms with Crippen molar-refractivity contribution in [2.45, 2.75) is 65.7 Å². The van der Waals surface area contributed by atoms with Gasteiger partial charge in [0.15, 0.2) is 0 Å². The molecule has 1 N–H and O–H groups in total. The van der Waals surface area contributed by atoms with Gasteiger partial charge in [-0.2, -0.15) is 0 Å². The van der Waals surface area contributed by atoms with Crippen LogP contribution in [0.25, 0.3) is 0 Å². The SMILES string of the molecule is CC(C)N(Cc1ccccc1)C(C)CNC(C)(C)C. The van der Waals surface area contributed by atoms with Gasteiger partial charge in [-0.25, -0.2) is 0 Å². The topological polar surface area (TPSA) is 15.3 Å². The van der Waals surface area contributed by atoms with E-state index in [1.54, 1.807) is 0 Å². The molecule has 0 aliphatic heterocycles. The van der Waals surface area contributed by atoms with Crippen LogP contribution in [0.15, 0.2) is 30.3 Å². The predicted molar refractivity (Wildman–Crippen MR) is 84.3 cm³/mol. The first-order valence-electron chi connectivity index (χ1n) is 7.34.